The number of imidazole rings is 1. The van der Waals surface area contributed by atoms with Crippen molar-refractivity contribution in [3.8, 4) is 0 Å². The number of fused-ring (bicyclic) bond motifs is 1. The number of aryl methyl sites for hydroxylation is 1. The van der Waals surface area contributed by atoms with Crippen molar-refractivity contribution < 1.29 is 18.0 Å². The van der Waals surface area contributed by atoms with E-state index in [0.717, 1.165) is 25.1 Å². The zero-order valence-electron chi connectivity index (χ0n) is 13.3. The van der Waals surface area contributed by atoms with Crippen molar-refractivity contribution in [3.05, 3.63) is 34.2 Å². The fourth-order valence-corrected chi connectivity index (χ4v) is 3.24. The van der Waals surface area contributed by atoms with Crippen molar-refractivity contribution in [2.45, 2.75) is 32.9 Å². The summed E-state index contributed by atoms with van der Waals surface area (Å²) in [7, 11) is 0. The van der Waals surface area contributed by atoms with Crippen LogP contribution in [-0.4, -0.2) is 33.3 Å². The number of piperidine rings is 1. The van der Waals surface area contributed by atoms with Gasteiger partial charge in [-0.2, -0.15) is 13.2 Å². The van der Waals surface area contributed by atoms with Gasteiger partial charge in [-0.1, -0.05) is 18.5 Å². The van der Waals surface area contributed by atoms with Gasteiger partial charge in [0.1, 0.15) is 5.69 Å². The number of nitrogens with zero attached hydrogens (tertiary/aromatic N) is 3. The average molecular weight is 360 g/mol. The number of alkyl halides is 3. The molecule has 1 aliphatic rings. The summed E-state index contributed by atoms with van der Waals surface area (Å²) >= 11 is 5.95. The van der Waals surface area contributed by atoms with E-state index in [-0.39, 0.29) is 22.3 Å². The van der Waals surface area contributed by atoms with Crippen LogP contribution in [0.4, 0.5) is 13.2 Å². The number of halogens is 4. The highest BCUT2D eigenvalue weighted by Crippen LogP contribution is 2.33. The van der Waals surface area contributed by atoms with Crippen LogP contribution in [0, 0.1) is 12.8 Å². The molecule has 3 heterocycles. The van der Waals surface area contributed by atoms with E-state index in [4.69, 9.17) is 11.6 Å². The van der Waals surface area contributed by atoms with E-state index < -0.39 is 11.7 Å². The fraction of sp³-hybridized carbons (Fsp3) is 0.500. The van der Waals surface area contributed by atoms with Gasteiger partial charge in [-0.05, 0) is 31.7 Å². The predicted molar refractivity (Wildman–Crippen MR) is 84.2 cm³/mol. The first-order valence-corrected chi connectivity index (χ1v) is 8.11. The summed E-state index contributed by atoms with van der Waals surface area (Å²) in [5.74, 6) is 0.242. The highest BCUT2D eigenvalue weighted by atomic mass is 35.5. The molecule has 1 fully saturated rings. The van der Waals surface area contributed by atoms with Crippen LogP contribution in [0.1, 0.15) is 41.5 Å². The highest BCUT2D eigenvalue weighted by Gasteiger charge is 2.33. The Labute approximate surface area is 142 Å². The summed E-state index contributed by atoms with van der Waals surface area (Å²) < 4.78 is 40.3. The third-order valence-electron chi connectivity index (χ3n) is 4.45. The van der Waals surface area contributed by atoms with Crippen molar-refractivity contribution in [1.29, 1.82) is 0 Å². The smallest absolute Gasteiger partial charge is 0.337 e. The van der Waals surface area contributed by atoms with Crippen LogP contribution in [-0.2, 0) is 6.18 Å². The number of rotatable bonds is 1. The Balaban J connectivity index is 2.08. The molecule has 0 N–H and O–H groups in total. The van der Waals surface area contributed by atoms with Gasteiger partial charge in [0.05, 0.1) is 16.3 Å². The van der Waals surface area contributed by atoms with Gasteiger partial charge in [0.15, 0.2) is 5.65 Å². The topological polar surface area (TPSA) is 37.6 Å². The van der Waals surface area contributed by atoms with E-state index >= 15 is 0 Å². The number of pyridine rings is 1. The lowest BCUT2D eigenvalue weighted by molar-refractivity contribution is -0.137. The lowest BCUT2D eigenvalue weighted by Gasteiger charge is -2.30. The summed E-state index contributed by atoms with van der Waals surface area (Å²) in [6.07, 6.45) is -1.88. The van der Waals surface area contributed by atoms with E-state index in [1.807, 2.05) is 0 Å². The minimum atomic E-state index is -4.54. The lowest BCUT2D eigenvalue weighted by atomic mass is 9.99. The van der Waals surface area contributed by atoms with Gasteiger partial charge in [-0.15, -0.1) is 0 Å². The number of likely N-dealkylation sites (tertiary alicyclic amines) is 1. The molecule has 2 aromatic heterocycles. The first-order chi connectivity index (χ1) is 11.2. The van der Waals surface area contributed by atoms with Crippen molar-refractivity contribution in [2.24, 2.45) is 5.92 Å². The molecule has 0 saturated carbocycles. The molecule has 2 aromatic rings. The van der Waals surface area contributed by atoms with Crippen molar-refractivity contribution in [3.63, 3.8) is 0 Å². The molecule has 0 aromatic carbocycles. The maximum absolute atomic E-state index is 13.0. The van der Waals surface area contributed by atoms with Gasteiger partial charge >= 0.3 is 6.18 Å². The molecule has 0 unspecified atom stereocenters. The Morgan fingerprint density at radius 2 is 1.96 bits per heavy atom. The number of aromatic nitrogens is 2. The van der Waals surface area contributed by atoms with Crippen LogP contribution in [0.2, 0.25) is 5.02 Å². The largest absolute Gasteiger partial charge is 0.417 e. The minimum Gasteiger partial charge on any atom is -0.337 e. The summed E-state index contributed by atoms with van der Waals surface area (Å²) in [6, 6.07) is 0.833. The molecule has 0 atom stereocenters. The second-order valence-electron chi connectivity index (χ2n) is 6.29. The maximum Gasteiger partial charge on any atom is 0.417 e. The minimum absolute atomic E-state index is 0.126. The van der Waals surface area contributed by atoms with Gasteiger partial charge in [0, 0.05) is 19.3 Å². The second kappa shape index (κ2) is 5.95. The summed E-state index contributed by atoms with van der Waals surface area (Å²) in [5, 5.41) is -0.126. The number of hydrogen-bond donors (Lipinski definition) is 0. The Kier molecular flexibility index (Phi) is 4.23. The molecule has 0 aliphatic carbocycles. The standard InChI is InChI=1S/C16H17ClF3N3O/c1-9-3-5-22(6-4-9)15(24)13-10(2)21-14-12(17)7-11(8-23(13)14)16(18,19)20/h7-9H,3-6H2,1-2H3. The molecule has 1 saturated heterocycles. The molecule has 4 nitrogen and oxygen atoms in total. The third-order valence-corrected chi connectivity index (χ3v) is 4.73. The van der Waals surface area contributed by atoms with Crippen LogP contribution in [0.15, 0.2) is 12.3 Å². The van der Waals surface area contributed by atoms with Gasteiger partial charge in [0.25, 0.3) is 5.91 Å². The quantitative estimate of drug-likeness (QED) is 0.765. The van der Waals surface area contributed by atoms with Gasteiger partial charge in [-0.25, -0.2) is 4.98 Å². The number of carbonyl (C=O) groups excluding carboxylic acids is 1. The van der Waals surface area contributed by atoms with Crippen LogP contribution >= 0.6 is 11.6 Å². The average Bonchev–Trinajstić information content (AvgIpc) is 2.83. The van der Waals surface area contributed by atoms with E-state index in [9.17, 15) is 18.0 Å². The van der Waals surface area contributed by atoms with Crippen LogP contribution in [0.25, 0.3) is 5.65 Å². The molecular weight excluding hydrogens is 343 g/mol. The Hall–Kier alpha value is -1.76. The van der Waals surface area contributed by atoms with Crippen LogP contribution in [0.5, 0.6) is 0 Å². The normalized spacial score (nSPS) is 16.8. The molecule has 0 radical (unpaired) electrons. The van der Waals surface area contributed by atoms with Gasteiger partial charge in [0.2, 0.25) is 0 Å². The predicted octanol–water partition coefficient (Wildman–Crippen LogP) is 4.19. The highest BCUT2D eigenvalue weighted by molar-refractivity contribution is 6.33. The van der Waals surface area contributed by atoms with Gasteiger partial charge < -0.3 is 4.90 Å². The summed E-state index contributed by atoms with van der Waals surface area (Å²) in [4.78, 5) is 18.7. The number of carbonyl (C=O) groups is 1. The SMILES string of the molecule is Cc1nc2c(Cl)cc(C(F)(F)F)cn2c1C(=O)N1CCC(C)CC1. The molecule has 1 amide bonds. The van der Waals surface area contributed by atoms with Crippen molar-refractivity contribution in [1.82, 2.24) is 14.3 Å². The van der Waals surface area contributed by atoms with Gasteiger partial charge in [-0.3, -0.25) is 9.20 Å². The zero-order valence-corrected chi connectivity index (χ0v) is 14.1. The zero-order chi connectivity index (χ0) is 17.6. The molecule has 1 aliphatic heterocycles. The Morgan fingerprint density at radius 3 is 2.54 bits per heavy atom. The fourth-order valence-electron chi connectivity index (χ4n) is 2.99. The lowest BCUT2D eigenvalue weighted by Crippen LogP contribution is -2.38. The molecule has 0 bridgehead atoms. The molecule has 24 heavy (non-hydrogen) atoms. The van der Waals surface area contributed by atoms with E-state index in [0.29, 0.717) is 24.7 Å². The van der Waals surface area contributed by atoms with E-state index in [1.54, 1.807) is 11.8 Å². The number of hydrogen-bond acceptors (Lipinski definition) is 2. The number of amides is 1. The Morgan fingerprint density at radius 1 is 1.33 bits per heavy atom. The van der Waals surface area contributed by atoms with E-state index in [1.165, 1.54) is 4.40 Å². The Bertz CT molecular complexity index is 792. The molecular formula is C16H17ClF3N3O. The maximum atomic E-state index is 13.0. The van der Waals surface area contributed by atoms with Crippen LogP contribution < -0.4 is 0 Å². The molecule has 130 valence electrons. The molecule has 0 spiro atoms. The monoisotopic (exact) mass is 359 g/mol. The van der Waals surface area contributed by atoms with E-state index in [2.05, 4.69) is 11.9 Å². The van der Waals surface area contributed by atoms with Crippen molar-refractivity contribution >= 4 is 23.2 Å². The first kappa shape index (κ1) is 17.1. The first-order valence-electron chi connectivity index (χ1n) is 7.73. The summed E-state index contributed by atoms with van der Waals surface area (Å²) in [5.41, 5.74) is -0.220. The second-order valence-corrected chi connectivity index (χ2v) is 6.70. The summed E-state index contributed by atoms with van der Waals surface area (Å²) in [6.45, 7) is 4.92. The van der Waals surface area contributed by atoms with Crippen molar-refractivity contribution in [2.75, 3.05) is 13.1 Å². The molecule has 8 heteroatoms. The molecule has 3 rings (SSSR count). The van der Waals surface area contributed by atoms with Crippen LogP contribution in [0.3, 0.4) is 0 Å². The third kappa shape index (κ3) is 2.97.